The Morgan fingerprint density at radius 2 is 1.85 bits per heavy atom. The van der Waals surface area contributed by atoms with Crippen molar-refractivity contribution < 1.29 is 14.6 Å². The summed E-state index contributed by atoms with van der Waals surface area (Å²) in [4.78, 5) is 0. The largest absolute Gasteiger partial charge is 0.497 e. The molecule has 1 N–H and O–H groups in total. The molecule has 1 saturated carbocycles. The molecule has 2 atom stereocenters. The molecule has 0 aliphatic heterocycles. The maximum Gasteiger partial charge on any atom is 0.119 e. The molecule has 1 aromatic rings. The molecule has 1 aliphatic carbocycles. The fraction of sp³-hybridized carbons (Fsp3) is 0.647. The Morgan fingerprint density at radius 1 is 1.15 bits per heavy atom. The number of benzene rings is 1. The summed E-state index contributed by atoms with van der Waals surface area (Å²) in [6, 6.07) is 5.82. The second-order valence-corrected chi connectivity index (χ2v) is 5.77. The fourth-order valence-electron chi connectivity index (χ4n) is 3.33. The first-order valence-corrected chi connectivity index (χ1v) is 7.52. The number of hydrogen-bond acceptors (Lipinski definition) is 3. The van der Waals surface area contributed by atoms with E-state index >= 15 is 0 Å². The zero-order valence-electron chi connectivity index (χ0n) is 12.8. The van der Waals surface area contributed by atoms with E-state index in [1.807, 2.05) is 25.1 Å². The molecule has 0 bridgehead atoms. The molecule has 0 spiro atoms. The van der Waals surface area contributed by atoms with Gasteiger partial charge in [-0.05, 0) is 48.9 Å². The van der Waals surface area contributed by atoms with Crippen LogP contribution in [-0.4, -0.2) is 25.4 Å². The molecule has 0 radical (unpaired) electrons. The number of ether oxygens (including phenoxy) is 2. The van der Waals surface area contributed by atoms with Crippen molar-refractivity contribution >= 4 is 0 Å². The molecular formula is C17H26O3. The van der Waals surface area contributed by atoms with E-state index in [9.17, 15) is 5.11 Å². The second-order valence-electron chi connectivity index (χ2n) is 5.77. The summed E-state index contributed by atoms with van der Waals surface area (Å²) in [6.07, 6.45) is 5.45. The summed E-state index contributed by atoms with van der Waals surface area (Å²) in [5.74, 6) is 1.29. The molecule has 0 saturated heterocycles. The van der Waals surface area contributed by atoms with Gasteiger partial charge in [-0.1, -0.05) is 25.3 Å². The first kappa shape index (κ1) is 15.3. The van der Waals surface area contributed by atoms with Crippen LogP contribution in [0.2, 0.25) is 0 Å². The van der Waals surface area contributed by atoms with Crippen LogP contribution in [0.3, 0.4) is 0 Å². The summed E-state index contributed by atoms with van der Waals surface area (Å²) in [5, 5.41) is 10.7. The van der Waals surface area contributed by atoms with Gasteiger partial charge in [0.05, 0.1) is 13.2 Å². The van der Waals surface area contributed by atoms with E-state index in [0.717, 1.165) is 29.7 Å². The van der Waals surface area contributed by atoms with Crippen LogP contribution in [0.5, 0.6) is 5.75 Å². The molecule has 112 valence electrons. The first-order chi connectivity index (χ1) is 9.67. The van der Waals surface area contributed by atoms with Gasteiger partial charge in [0.25, 0.3) is 0 Å². The predicted molar refractivity (Wildman–Crippen MR) is 80.1 cm³/mol. The molecule has 0 aromatic heterocycles. The number of aryl methyl sites for hydroxylation is 1. The van der Waals surface area contributed by atoms with Crippen molar-refractivity contribution in [2.75, 3.05) is 14.2 Å². The highest BCUT2D eigenvalue weighted by molar-refractivity contribution is 5.36. The minimum atomic E-state index is -0.561. The summed E-state index contributed by atoms with van der Waals surface area (Å²) in [5.41, 5.74) is 2.00. The molecule has 2 unspecified atom stereocenters. The third-order valence-electron chi connectivity index (χ3n) is 4.49. The maximum absolute atomic E-state index is 10.7. The zero-order valence-corrected chi connectivity index (χ0v) is 12.8. The number of aliphatic hydroxyl groups excluding tert-OH is 1. The standard InChI is InChI=1S/C17H26O3/c1-12-11-14(19-2)9-10-15(12)16(18)17(20-3)13-7-5-4-6-8-13/h9-11,13,16-18H,4-8H2,1-3H3. The van der Waals surface area contributed by atoms with Crippen LogP contribution in [-0.2, 0) is 4.74 Å². The van der Waals surface area contributed by atoms with E-state index in [-0.39, 0.29) is 6.10 Å². The molecule has 1 aliphatic rings. The van der Waals surface area contributed by atoms with Crippen molar-refractivity contribution in [2.45, 2.75) is 51.2 Å². The van der Waals surface area contributed by atoms with E-state index in [1.54, 1.807) is 14.2 Å². The third kappa shape index (κ3) is 3.33. The Bertz CT molecular complexity index is 424. The topological polar surface area (TPSA) is 38.7 Å². The van der Waals surface area contributed by atoms with Crippen molar-refractivity contribution in [3.8, 4) is 5.75 Å². The average molecular weight is 278 g/mol. The van der Waals surface area contributed by atoms with Gasteiger partial charge in [0.2, 0.25) is 0 Å². The molecular weight excluding hydrogens is 252 g/mol. The van der Waals surface area contributed by atoms with Gasteiger partial charge in [0, 0.05) is 7.11 Å². The van der Waals surface area contributed by atoms with E-state index in [0.29, 0.717) is 5.92 Å². The maximum atomic E-state index is 10.7. The second kappa shape index (κ2) is 7.09. The van der Waals surface area contributed by atoms with Crippen molar-refractivity contribution in [1.82, 2.24) is 0 Å². The van der Waals surface area contributed by atoms with Crippen molar-refractivity contribution in [2.24, 2.45) is 5.92 Å². The van der Waals surface area contributed by atoms with E-state index in [1.165, 1.54) is 19.3 Å². The minimum Gasteiger partial charge on any atom is -0.497 e. The van der Waals surface area contributed by atoms with Gasteiger partial charge in [-0.15, -0.1) is 0 Å². The zero-order chi connectivity index (χ0) is 14.5. The number of aliphatic hydroxyl groups is 1. The first-order valence-electron chi connectivity index (χ1n) is 7.52. The molecule has 3 nitrogen and oxygen atoms in total. The summed E-state index contributed by atoms with van der Waals surface area (Å²) >= 11 is 0. The SMILES string of the molecule is COc1ccc(C(O)C(OC)C2CCCCC2)c(C)c1. The molecule has 20 heavy (non-hydrogen) atoms. The average Bonchev–Trinajstić information content (AvgIpc) is 2.48. The molecule has 0 amide bonds. The molecule has 3 heteroatoms. The Kier molecular flexibility index (Phi) is 5.44. The van der Waals surface area contributed by atoms with Gasteiger partial charge in [-0.25, -0.2) is 0 Å². The van der Waals surface area contributed by atoms with Crippen LogP contribution >= 0.6 is 0 Å². The summed E-state index contributed by atoms with van der Waals surface area (Å²) in [7, 11) is 3.37. The lowest BCUT2D eigenvalue weighted by Crippen LogP contribution is -2.31. The van der Waals surface area contributed by atoms with Gasteiger partial charge >= 0.3 is 0 Å². The van der Waals surface area contributed by atoms with Crippen molar-refractivity contribution in [1.29, 1.82) is 0 Å². The normalized spacial score (nSPS) is 19.6. The highest BCUT2D eigenvalue weighted by atomic mass is 16.5. The highest BCUT2D eigenvalue weighted by Crippen LogP contribution is 2.35. The molecule has 1 aromatic carbocycles. The number of hydrogen-bond donors (Lipinski definition) is 1. The smallest absolute Gasteiger partial charge is 0.119 e. The van der Waals surface area contributed by atoms with Crippen LogP contribution in [0, 0.1) is 12.8 Å². The van der Waals surface area contributed by atoms with Crippen LogP contribution in [0.4, 0.5) is 0 Å². The molecule has 2 rings (SSSR count). The molecule has 1 fully saturated rings. The van der Waals surface area contributed by atoms with Crippen LogP contribution in [0.1, 0.15) is 49.3 Å². The summed E-state index contributed by atoms with van der Waals surface area (Å²) in [6.45, 7) is 2.01. The van der Waals surface area contributed by atoms with Crippen molar-refractivity contribution in [3.05, 3.63) is 29.3 Å². The fourth-order valence-corrected chi connectivity index (χ4v) is 3.33. The van der Waals surface area contributed by atoms with E-state index in [4.69, 9.17) is 9.47 Å². The van der Waals surface area contributed by atoms with Gasteiger partial charge in [0.15, 0.2) is 0 Å². The number of rotatable bonds is 5. The lowest BCUT2D eigenvalue weighted by atomic mass is 9.81. The van der Waals surface area contributed by atoms with E-state index < -0.39 is 6.10 Å². The summed E-state index contributed by atoms with van der Waals surface area (Å²) < 4.78 is 10.9. The van der Waals surface area contributed by atoms with Crippen molar-refractivity contribution in [3.63, 3.8) is 0 Å². The minimum absolute atomic E-state index is 0.109. The number of methoxy groups -OCH3 is 2. The Balaban J connectivity index is 2.16. The molecule has 0 heterocycles. The predicted octanol–water partition coefficient (Wildman–Crippen LogP) is 3.63. The van der Waals surface area contributed by atoms with Crippen LogP contribution in [0.25, 0.3) is 0 Å². The van der Waals surface area contributed by atoms with Gasteiger partial charge < -0.3 is 14.6 Å². The van der Waals surface area contributed by atoms with Crippen LogP contribution in [0.15, 0.2) is 18.2 Å². The third-order valence-corrected chi connectivity index (χ3v) is 4.49. The van der Waals surface area contributed by atoms with Gasteiger partial charge in [-0.3, -0.25) is 0 Å². The van der Waals surface area contributed by atoms with Crippen LogP contribution < -0.4 is 4.74 Å². The van der Waals surface area contributed by atoms with Gasteiger partial charge in [-0.2, -0.15) is 0 Å². The quantitative estimate of drug-likeness (QED) is 0.894. The Labute approximate surface area is 121 Å². The van der Waals surface area contributed by atoms with Gasteiger partial charge in [0.1, 0.15) is 11.9 Å². The monoisotopic (exact) mass is 278 g/mol. The lowest BCUT2D eigenvalue weighted by Gasteiger charge is -2.33. The van der Waals surface area contributed by atoms with E-state index in [2.05, 4.69) is 0 Å². The Morgan fingerprint density at radius 3 is 2.40 bits per heavy atom. The Hall–Kier alpha value is -1.06. The lowest BCUT2D eigenvalue weighted by molar-refractivity contribution is -0.0561. The highest BCUT2D eigenvalue weighted by Gasteiger charge is 2.31.